The molecule has 0 atom stereocenters. The average Bonchev–Trinajstić information content (AvgIpc) is 3.03. The van der Waals surface area contributed by atoms with Gasteiger partial charge in [-0.05, 0) is 35.6 Å². The molecule has 1 aromatic heterocycles. The second-order valence-electron chi connectivity index (χ2n) is 7.80. The Bertz CT molecular complexity index is 1020. The van der Waals surface area contributed by atoms with Crippen molar-refractivity contribution in [3.05, 3.63) is 59.4 Å². The molecule has 2 aromatic carbocycles. The summed E-state index contributed by atoms with van der Waals surface area (Å²) in [6, 6.07) is 12.3. The van der Waals surface area contributed by atoms with Crippen molar-refractivity contribution in [1.29, 1.82) is 0 Å². The number of anilines is 1. The third-order valence-electron chi connectivity index (χ3n) is 4.48. The van der Waals surface area contributed by atoms with E-state index in [2.05, 4.69) is 36.3 Å². The summed E-state index contributed by atoms with van der Waals surface area (Å²) in [6.07, 6.45) is 0. The van der Waals surface area contributed by atoms with Gasteiger partial charge in [0.15, 0.2) is 5.82 Å². The van der Waals surface area contributed by atoms with Crippen molar-refractivity contribution in [2.75, 3.05) is 16.9 Å². The van der Waals surface area contributed by atoms with Gasteiger partial charge in [-0.3, -0.25) is 4.79 Å². The molecule has 3 N–H and O–H groups in total. The molecule has 0 unspecified atom stereocenters. The average molecular weight is 414 g/mol. The van der Waals surface area contributed by atoms with E-state index in [-0.39, 0.29) is 17.1 Å². The molecule has 0 aliphatic rings. The highest BCUT2D eigenvalue weighted by Gasteiger charge is 2.17. The number of thioether (sulfide) groups is 1. The number of nitrogens with zero attached hydrogens (tertiary/aromatic N) is 3. The Morgan fingerprint density at radius 1 is 1.17 bits per heavy atom. The van der Waals surface area contributed by atoms with Gasteiger partial charge >= 0.3 is 0 Å². The number of halogens is 1. The van der Waals surface area contributed by atoms with E-state index < -0.39 is 5.82 Å². The van der Waals surface area contributed by atoms with Crippen LogP contribution in [0.25, 0.3) is 11.4 Å². The van der Waals surface area contributed by atoms with Crippen LogP contribution in [-0.2, 0) is 10.2 Å². The van der Waals surface area contributed by atoms with Crippen LogP contribution in [0.3, 0.4) is 0 Å². The summed E-state index contributed by atoms with van der Waals surface area (Å²) in [4.78, 5) is 12.2. The summed E-state index contributed by atoms with van der Waals surface area (Å²) in [6.45, 7) is 8.26. The molecule has 0 spiro atoms. The first-order chi connectivity index (χ1) is 13.6. The topological polar surface area (TPSA) is 85.8 Å². The fraction of sp³-hybridized carbons (Fsp3) is 0.286. The van der Waals surface area contributed by atoms with Crippen LogP contribution in [0.15, 0.2) is 47.6 Å². The van der Waals surface area contributed by atoms with Crippen molar-refractivity contribution in [3.63, 3.8) is 0 Å². The van der Waals surface area contributed by atoms with Crippen molar-refractivity contribution in [2.45, 2.75) is 38.3 Å². The minimum absolute atomic E-state index is 0.0588. The maximum Gasteiger partial charge on any atom is 0.234 e. The molecule has 3 rings (SSSR count). The monoisotopic (exact) mass is 413 g/mol. The van der Waals surface area contributed by atoms with Crippen LogP contribution >= 0.6 is 11.8 Å². The molecule has 0 fully saturated rings. The Morgan fingerprint density at radius 3 is 2.52 bits per heavy atom. The zero-order valence-electron chi connectivity index (χ0n) is 16.9. The molecule has 0 radical (unpaired) electrons. The van der Waals surface area contributed by atoms with Gasteiger partial charge < -0.3 is 11.2 Å². The summed E-state index contributed by atoms with van der Waals surface area (Å²) in [7, 11) is 0. The zero-order chi connectivity index (χ0) is 21.2. The summed E-state index contributed by atoms with van der Waals surface area (Å²) in [5.74, 6) is 6.06. The molecule has 1 amide bonds. The molecule has 29 heavy (non-hydrogen) atoms. The SMILES string of the molecule is Cc1ccc(F)cc1NC(=O)CSc1nnc(-c2ccc(C(C)(C)C)cc2)n1N. The molecule has 152 valence electrons. The number of hydrogen-bond donors (Lipinski definition) is 2. The highest BCUT2D eigenvalue weighted by atomic mass is 32.2. The van der Waals surface area contributed by atoms with E-state index in [0.717, 1.165) is 11.1 Å². The molecule has 0 aliphatic carbocycles. The van der Waals surface area contributed by atoms with Crippen LogP contribution in [0.5, 0.6) is 0 Å². The summed E-state index contributed by atoms with van der Waals surface area (Å²) >= 11 is 1.17. The first kappa shape index (κ1) is 20.9. The lowest BCUT2D eigenvalue weighted by Gasteiger charge is -2.19. The first-order valence-corrected chi connectivity index (χ1v) is 10.1. The Hall–Kier alpha value is -2.87. The first-order valence-electron chi connectivity index (χ1n) is 9.15. The van der Waals surface area contributed by atoms with E-state index in [1.54, 1.807) is 13.0 Å². The lowest BCUT2D eigenvalue weighted by Crippen LogP contribution is -2.17. The molecule has 3 aromatic rings. The van der Waals surface area contributed by atoms with Crippen molar-refractivity contribution in [3.8, 4) is 11.4 Å². The number of rotatable bonds is 5. The number of nitrogen functional groups attached to an aromatic ring is 1. The van der Waals surface area contributed by atoms with Crippen LogP contribution in [-0.4, -0.2) is 26.5 Å². The summed E-state index contributed by atoms with van der Waals surface area (Å²) in [5, 5.41) is 11.4. The van der Waals surface area contributed by atoms with Gasteiger partial charge in [-0.15, -0.1) is 10.2 Å². The van der Waals surface area contributed by atoms with Crippen LogP contribution in [0.2, 0.25) is 0 Å². The van der Waals surface area contributed by atoms with Crippen LogP contribution in [0, 0.1) is 12.7 Å². The summed E-state index contributed by atoms with van der Waals surface area (Å²) in [5.41, 5.74) is 3.35. The standard InChI is InChI=1S/C21H24FN5OS/c1-13-5-10-16(22)11-17(13)24-18(28)12-29-20-26-25-19(27(20)23)14-6-8-15(9-7-14)21(2,3)4/h5-11H,12,23H2,1-4H3,(H,24,28). The number of carbonyl (C=O) groups excluding carboxylic acids is 1. The molecule has 0 saturated heterocycles. The lowest BCUT2D eigenvalue weighted by atomic mass is 9.87. The van der Waals surface area contributed by atoms with Gasteiger partial charge in [-0.25, -0.2) is 9.07 Å². The normalized spacial score (nSPS) is 11.5. The molecule has 1 heterocycles. The Kier molecular flexibility index (Phi) is 5.93. The van der Waals surface area contributed by atoms with E-state index in [1.807, 2.05) is 24.3 Å². The molecule has 6 nitrogen and oxygen atoms in total. The number of nitrogens with two attached hydrogens (primary N) is 1. The fourth-order valence-electron chi connectivity index (χ4n) is 2.74. The van der Waals surface area contributed by atoms with Gasteiger partial charge in [0.25, 0.3) is 0 Å². The smallest absolute Gasteiger partial charge is 0.234 e. The molecule has 8 heteroatoms. The number of amides is 1. The second-order valence-corrected chi connectivity index (χ2v) is 8.74. The minimum atomic E-state index is -0.401. The van der Waals surface area contributed by atoms with E-state index in [1.165, 1.54) is 34.1 Å². The van der Waals surface area contributed by atoms with Gasteiger partial charge in [-0.1, -0.05) is 62.9 Å². The molecular formula is C21H24FN5OS. The van der Waals surface area contributed by atoms with Gasteiger partial charge in [-0.2, -0.15) is 0 Å². The highest BCUT2D eigenvalue weighted by molar-refractivity contribution is 7.99. The maximum absolute atomic E-state index is 13.4. The number of carbonyl (C=O) groups is 1. The number of hydrogen-bond acceptors (Lipinski definition) is 5. The van der Waals surface area contributed by atoms with Crippen LogP contribution in [0.1, 0.15) is 31.9 Å². The van der Waals surface area contributed by atoms with Gasteiger partial charge in [0, 0.05) is 11.3 Å². The highest BCUT2D eigenvalue weighted by Crippen LogP contribution is 2.26. The Labute approximate surface area is 173 Å². The van der Waals surface area contributed by atoms with Crippen LogP contribution < -0.4 is 11.2 Å². The molecule has 0 saturated carbocycles. The number of nitrogens with one attached hydrogen (secondary N) is 1. The minimum Gasteiger partial charge on any atom is -0.335 e. The van der Waals surface area contributed by atoms with Crippen LogP contribution in [0.4, 0.5) is 10.1 Å². The third-order valence-corrected chi connectivity index (χ3v) is 5.42. The third kappa shape index (κ3) is 4.95. The van der Waals surface area contributed by atoms with Crippen molar-refractivity contribution < 1.29 is 9.18 Å². The number of aryl methyl sites for hydroxylation is 1. The largest absolute Gasteiger partial charge is 0.335 e. The Morgan fingerprint density at radius 2 is 1.86 bits per heavy atom. The van der Waals surface area contributed by atoms with Crippen molar-refractivity contribution in [2.24, 2.45) is 0 Å². The van der Waals surface area contributed by atoms with E-state index in [4.69, 9.17) is 5.84 Å². The molecule has 0 aliphatic heterocycles. The predicted octanol–water partition coefficient (Wildman–Crippen LogP) is 4.13. The van der Waals surface area contributed by atoms with E-state index in [0.29, 0.717) is 16.7 Å². The quantitative estimate of drug-likeness (QED) is 0.485. The number of benzene rings is 2. The Balaban J connectivity index is 1.67. The van der Waals surface area contributed by atoms with Gasteiger partial charge in [0.05, 0.1) is 5.75 Å². The zero-order valence-corrected chi connectivity index (χ0v) is 17.7. The van der Waals surface area contributed by atoms with E-state index >= 15 is 0 Å². The van der Waals surface area contributed by atoms with E-state index in [9.17, 15) is 9.18 Å². The fourth-order valence-corrected chi connectivity index (χ4v) is 3.39. The second kappa shape index (κ2) is 8.24. The van der Waals surface area contributed by atoms with Gasteiger partial charge in [0.2, 0.25) is 11.1 Å². The predicted molar refractivity (Wildman–Crippen MR) is 115 cm³/mol. The maximum atomic E-state index is 13.4. The molecule has 0 bridgehead atoms. The number of aromatic nitrogens is 3. The molecular weight excluding hydrogens is 389 g/mol. The van der Waals surface area contributed by atoms with Gasteiger partial charge in [0.1, 0.15) is 5.82 Å². The van der Waals surface area contributed by atoms with Crippen molar-refractivity contribution >= 4 is 23.4 Å². The lowest BCUT2D eigenvalue weighted by molar-refractivity contribution is -0.113. The van der Waals surface area contributed by atoms with Crippen molar-refractivity contribution in [1.82, 2.24) is 14.9 Å². The summed E-state index contributed by atoms with van der Waals surface area (Å²) < 4.78 is 14.7.